The lowest BCUT2D eigenvalue weighted by Gasteiger charge is -2.35. The first-order chi connectivity index (χ1) is 9.96. The van der Waals surface area contributed by atoms with Crippen LogP contribution in [0, 0.1) is 5.92 Å². The lowest BCUT2D eigenvalue weighted by atomic mass is 9.89. The van der Waals surface area contributed by atoms with Gasteiger partial charge in [-0.3, -0.25) is 4.79 Å². The first-order valence-electron chi connectivity index (χ1n) is 7.82. The van der Waals surface area contributed by atoms with E-state index < -0.39 is 9.84 Å². The van der Waals surface area contributed by atoms with Crippen LogP contribution in [-0.4, -0.2) is 67.6 Å². The number of carbonyl (C=O) groups is 1. The van der Waals surface area contributed by atoms with Gasteiger partial charge in [0, 0.05) is 12.6 Å². The number of hydrogen-bond acceptors (Lipinski definition) is 5. The van der Waals surface area contributed by atoms with Gasteiger partial charge in [0.15, 0.2) is 9.84 Å². The van der Waals surface area contributed by atoms with Gasteiger partial charge in [-0.15, -0.1) is 0 Å². The quantitative estimate of drug-likeness (QED) is 0.731. The second kappa shape index (κ2) is 7.07. The van der Waals surface area contributed by atoms with Crippen molar-refractivity contribution in [1.29, 1.82) is 0 Å². The minimum absolute atomic E-state index is 0.0304. The zero-order valence-corrected chi connectivity index (χ0v) is 13.4. The Kier molecular flexibility index (Phi) is 5.62. The molecule has 2 aliphatic heterocycles. The van der Waals surface area contributed by atoms with E-state index in [0.29, 0.717) is 12.3 Å². The molecule has 2 heterocycles. The van der Waals surface area contributed by atoms with Gasteiger partial charge in [-0.25, -0.2) is 8.42 Å². The van der Waals surface area contributed by atoms with Crippen LogP contribution in [0.2, 0.25) is 0 Å². The Hall–Kier alpha value is -0.660. The summed E-state index contributed by atoms with van der Waals surface area (Å²) in [5, 5.41) is 12.5. The SMILES string of the molecule is CCC1CCNC(C(=O)N(CCO)C2CCS(=O)(=O)C2)C1. The number of rotatable bonds is 5. The molecule has 0 saturated carbocycles. The Morgan fingerprint density at radius 3 is 2.71 bits per heavy atom. The highest BCUT2D eigenvalue weighted by molar-refractivity contribution is 7.91. The monoisotopic (exact) mass is 318 g/mol. The van der Waals surface area contributed by atoms with E-state index in [1.165, 1.54) is 0 Å². The molecule has 0 bridgehead atoms. The number of nitrogens with one attached hydrogen (secondary N) is 1. The Balaban J connectivity index is 2.05. The van der Waals surface area contributed by atoms with E-state index in [1.807, 2.05) is 0 Å². The lowest BCUT2D eigenvalue weighted by molar-refractivity contribution is -0.137. The van der Waals surface area contributed by atoms with E-state index in [-0.39, 0.29) is 42.6 Å². The molecular formula is C14H26N2O4S. The van der Waals surface area contributed by atoms with Gasteiger partial charge in [-0.05, 0) is 31.7 Å². The van der Waals surface area contributed by atoms with E-state index in [1.54, 1.807) is 4.90 Å². The molecule has 3 atom stereocenters. The standard InChI is InChI=1S/C14H26N2O4S/c1-2-11-3-5-15-13(9-11)14(18)16(6-7-17)12-4-8-21(19,20)10-12/h11-13,15,17H,2-10H2,1H3. The fourth-order valence-electron chi connectivity index (χ4n) is 3.36. The Morgan fingerprint density at radius 1 is 1.38 bits per heavy atom. The van der Waals surface area contributed by atoms with Crippen LogP contribution >= 0.6 is 0 Å². The van der Waals surface area contributed by atoms with Crippen LogP contribution in [0.5, 0.6) is 0 Å². The summed E-state index contributed by atoms with van der Waals surface area (Å²) >= 11 is 0. The fourth-order valence-corrected chi connectivity index (χ4v) is 5.09. The van der Waals surface area contributed by atoms with Crippen LogP contribution in [0.3, 0.4) is 0 Å². The molecule has 2 saturated heterocycles. The van der Waals surface area contributed by atoms with E-state index in [4.69, 9.17) is 0 Å². The van der Waals surface area contributed by atoms with Gasteiger partial charge < -0.3 is 15.3 Å². The fraction of sp³-hybridized carbons (Fsp3) is 0.929. The minimum atomic E-state index is -3.03. The third kappa shape index (κ3) is 4.17. The molecule has 2 fully saturated rings. The van der Waals surface area contributed by atoms with Crippen LogP contribution in [0.1, 0.15) is 32.6 Å². The van der Waals surface area contributed by atoms with Crippen LogP contribution in [0.4, 0.5) is 0 Å². The largest absolute Gasteiger partial charge is 0.395 e. The number of nitrogens with zero attached hydrogens (tertiary/aromatic N) is 1. The van der Waals surface area contributed by atoms with E-state index >= 15 is 0 Å². The number of hydrogen-bond donors (Lipinski definition) is 2. The molecule has 6 nitrogen and oxygen atoms in total. The molecule has 0 aromatic heterocycles. The highest BCUT2D eigenvalue weighted by Gasteiger charge is 2.37. The molecule has 0 aromatic carbocycles. The van der Waals surface area contributed by atoms with E-state index in [9.17, 15) is 18.3 Å². The number of aliphatic hydroxyl groups excluding tert-OH is 1. The highest BCUT2D eigenvalue weighted by Crippen LogP contribution is 2.23. The Labute approximate surface area is 126 Å². The predicted octanol–water partition coefficient (Wildman–Crippen LogP) is -0.227. The maximum atomic E-state index is 12.7. The minimum Gasteiger partial charge on any atom is -0.395 e. The number of aliphatic hydroxyl groups is 1. The van der Waals surface area contributed by atoms with E-state index in [2.05, 4.69) is 12.2 Å². The molecule has 1 amide bonds. The molecule has 3 unspecified atom stereocenters. The summed E-state index contributed by atoms with van der Waals surface area (Å²) in [5.41, 5.74) is 0. The molecule has 122 valence electrons. The summed E-state index contributed by atoms with van der Waals surface area (Å²) in [5.74, 6) is 0.665. The first kappa shape index (κ1) is 16.7. The molecule has 0 radical (unpaired) electrons. The van der Waals surface area contributed by atoms with Crippen molar-refractivity contribution in [3.05, 3.63) is 0 Å². The zero-order chi connectivity index (χ0) is 15.5. The smallest absolute Gasteiger partial charge is 0.240 e. The molecule has 21 heavy (non-hydrogen) atoms. The summed E-state index contributed by atoms with van der Waals surface area (Å²) < 4.78 is 23.3. The molecule has 2 rings (SSSR count). The average molecular weight is 318 g/mol. The van der Waals surface area contributed by atoms with E-state index in [0.717, 1.165) is 25.8 Å². The van der Waals surface area contributed by atoms with Gasteiger partial charge >= 0.3 is 0 Å². The van der Waals surface area contributed by atoms with Gasteiger partial charge in [-0.2, -0.15) is 0 Å². The van der Waals surface area contributed by atoms with Gasteiger partial charge in [0.05, 0.1) is 24.2 Å². The second-order valence-corrected chi connectivity index (χ2v) is 8.35. The van der Waals surface area contributed by atoms with Crippen LogP contribution in [-0.2, 0) is 14.6 Å². The topological polar surface area (TPSA) is 86.7 Å². The van der Waals surface area contributed by atoms with Crippen LogP contribution in [0.15, 0.2) is 0 Å². The summed E-state index contributed by atoms with van der Waals surface area (Å²) in [4.78, 5) is 14.3. The Bertz CT molecular complexity index is 466. The van der Waals surface area contributed by atoms with Gasteiger partial charge in [0.25, 0.3) is 0 Å². The second-order valence-electron chi connectivity index (χ2n) is 6.12. The lowest BCUT2D eigenvalue weighted by Crippen LogP contribution is -2.54. The molecule has 0 aliphatic carbocycles. The third-order valence-electron chi connectivity index (χ3n) is 4.66. The van der Waals surface area contributed by atoms with Gasteiger partial charge in [-0.1, -0.05) is 13.3 Å². The summed E-state index contributed by atoms with van der Waals surface area (Å²) in [6, 6.07) is -0.517. The van der Waals surface area contributed by atoms with Crippen molar-refractivity contribution in [1.82, 2.24) is 10.2 Å². The zero-order valence-electron chi connectivity index (χ0n) is 12.6. The predicted molar refractivity (Wildman–Crippen MR) is 80.7 cm³/mol. The van der Waals surface area contributed by atoms with Crippen molar-refractivity contribution in [2.45, 2.75) is 44.7 Å². The molecule has 2 N–H and O–H groups in total. The third-order valence-corrected chi connectivity index (χ3v) is 6.41. The number of piperidine rings is 1. The maximum absolute atomic E-state index is 12.7. The molecule has 2 aliphatic rings. The normalized spacial score (nSPS) is 32.0. The molecule has 7 heteroatoms. The summed E-state index contributed by atoms with van der Waals surface area (Å²) in [7, 11) is -3.03. The number of amides is 1. The molecule has 0 aromatic rings. The van der Waals surface area contributed by atoms with Crippen molar-refractivity contribution >= 4 is 15.7 Å². The van der Waals surface area contributed by atoms with Crippen LogP contribution in [0.25, 0.3) is 0 Å². The summed E-state index contributed by atoms with van der Waals surface area (Å²) in [6.45, 7) is 3.04. The first-order valence-corrected chi connectivity index (χ1v) is 9.64. The maximum Gasteiger partial charge on any atom is 0.240 e. The summed E-state index contributed by atoms with van der Waals surface area (Å²) in [6.07, 6.45) is 3.43. The van der Waals surface area contributed by atoms with Crippen molar-refractivity contribution < 1.29 is 18.3 Å². The van der Waals surface area contributed by atoms with Crippen LogP contribution < -0.4 is 5.32 Å². The molecular weight excluding hydrogens is 292 g/mol. The number of sulfone groups is 1. The van der Waals surface area contributed by atoms with Crippen molar-refractivity contribution in [2.75, 3.05) is 31.2 Å². The van der Waals surface area contributed by atoms with Gasteiger partial charge in [0.2, 0.25) is 5.91 Å². The Morgan fingerprint density at radius 2 is 2.14 bits per heavy atom. The van der Waals surface area contributed by atoms with Crippen molar-refractivity contribution in [3.8, 4) is 0 Å². The van der Waals surface area contributed by atoms with Crippen molar-refractivity contribution in [2.24, 2.45) is 5.92 Å². The molecule has 0 spiro atoms. The van der Waals surface area contributed by atoms with Crippen molar-refractivity contribution in [3.63, 3.8) is 0 Å². The number of carbonyl (C=O) groups excluding carboxylic acids is 1. The highest BCUT2D eigenvalue weighted by atomic mass is 32.2. The average Bonchev–Trinajstić information content (AvgIpc) is 2.84. The van der Waals surface area contributed by atoms with Gasteiger partial charge in [0.1, 0.15) is 0 Å².